The van der Waals surface area contributed by atoms with Crippen molar-refractivity contribution in [3.8, 4) is 0 Å². The van der Waals surface area contributed by atoms with E-state index in [0.717, 1.165) is 6.42 Å². The van der Waals surface area contributed by atoms with E-state index < -0.39 is 9.84 Å². The molecule has 102 valence electrons. The van der Waals surface area contributed by atoms with Gasteiger partial charge in [0.1, 0.15) is 0 Å². The third-order valence-electron chi connectivity index (χ3n) is 3.43. The lowest BCUT2D eigenvalue weighted by molar-refractivity contribution is -0.191. The van der Waals surface area contributed by atoms with E-state index in [2.05, 4.69) is 5.32 Å². The van der Waals surface area contributed by atoms with Crippen molar-refractivity contribution in [1.29, 1.82) is 0 Å². The van der Waals surface area contributed by atoms with Crippen LogP contribution in [0.1, 0.15) is 19.8 Å². The number of hydrogen-bond donors (Lipinski definition) is 2. The maximum atomic E-state index is 11.8. The minimum atomic E-state index is -3.05. The molecule has 1 aliphatic carbocycles. The molecule has 2 aliphatic rings. The van der Waals surface area contributed by atoms with Crippen LogP contribution < -0.4 is 11.1 Å². The van der Waals surface area contributed by atoms with Gasteiger partial charge in [-0.05, 0) is 12.8 Å². The van der Waals surface area contributed by atoms with Crippen LogP contribution in [0.2, 0.25) is 0 Å². The van der Waals surface area contributed by atoms with Crippen LogP contribution in [-0.2, 0) is 24.2 Å². The monoisotopic (exact) mass is 276 g/mol. The molecular weight excluding hydrogens is 260 g/mol. The zero-order chi connectivity index (χ0) is 13.9. The first-order valence-corrected chi connectivity index (χ1v) is 7.28. The van der Waals surface area contributed by atoms with Gasteiger partial charge in [0.25, 0.3) is 0 Å². The molecule has 1 aliphatic heterocycles. The molecule has 1 amide bonds. The first kappa shape index (κ1) is 14.8. The van der Waals surface area contributed by atoms with Gasteiger partial charge in [-0.25, -0.2) is 8.42 Å². The number of fused-ring (bicyclic) bond motifs is 1. The lowest BCUT2D eigenvalue weighted by Gasteiger charge is -2.21. The number of carbonyl (C=O) groups is 1. The zero-order valence-corrected chi connectivity index (χ0v) is 10.8. The van der Waals surface area contributed by atoms with Crippen molar-refractivity contribution < 1.29 is 22.8 Å². The fraction of sp³-hybridized carbons (Fsp3) is 0.800. The molecule has 0 aromatic carbocycles. The molecule has 0 spiro atoms. The molecule has 8 heteroatoms. The number of nitrogens with two attached hydrogens (primary N) is 1. The number of nitrogens with one attached hydrogen (secondary N) is 1. The van der Waals surface area contributed by atoms with E-state index in [1.165, 1.54) is 6.92 Å². The third kappa shape index (κ3) is 2.95. The Bertz CT molecular complexity index is 455. The molecule has 1 saturated heterocycles. The van der Waals surface area contributed by atoms with Gasteiger partial charge < -0.3 is 11.1 Å². The first-order valence-electron chi connectivity index (χ1n) is 5.57. The second kappa shape index (κ2) is 5.60. The molecule has 4 atom stereocenters. The van der Waals surface area contributed by atoms with E-state index >= 15 is 0 Å². The van der Waals surface area contributed by atoms with Crippen molar-refractivity contribution in [3.05, 3.63) is 0 Å². The average Bonchev–Trinajstić information content (AvgIpc) is 2.69. The number of sulfone groups is 1. The lowest BCUT2D eigenvalue weighted by atomic mass is 9.96. The Kier molecular flexibility index (Phi) is 4.61. The Morgan fingerprint density at radius 1 is 1.33 bits per heavy atom. The largest absolute Gasteiger partial charge is 0.373 e. The minimum absolute atomic E-state index is 0.0512. The summed E-state index contributed by atoms with van der Waals surface area (Å²) in [5.41, 5.74) is 5.89. The molecule has 0 aromatic heterocycles. The van der Waals surface area contributed by atoms with Crippen LogP contribution in [0.25, 0.3) is 0 Å². The summed E-state index contributed by atoms with van der Waals surface area (Å²) in [4.78, 5) is 27.2. The molecule has 3 N–H and O–H groups in total. The van der Waals surface area contributed by atoms with Gasteiger partial charge in [0.2, 0.25) is 5.91 Å². The van der Waals surface area contributed by atoms with Crippen LogP contribution in [0.4, 0.5) is 0 Å². The van der Waals surface area contributed by atoms with Crippen molar-refractivity contribution in [2.45, 2.75) is 37.1 Å². The van der Waals surface area contributed by atoms with Gasteiger partial charge in [0.05, 0.1) is 11.0 Å². The summed E-state index contributed by atoms with van der Waals surface area (Å²) in [6.07, 6.45) is 1.63. The number of hydrogen-bond acceptors (Lipinski definition) is 6. The van der Waals surface area contributed by atoms with Crippen LogP contribution in [0.15, 0.2) is 0 Å². The quantitative estimate of drug-likeness (QED) is 0.597. The van der Waals surface area contributed by atoms with Gasteiger partial charge in [-0.2, -0.15) is 9.59 Å². The fourth-order valence-corrected chi connectivity index (χ4v) is 5.30. The highest BCUT2D eigenvalue weighted by molar-refractivity contribution is 7.92. The number of carbonyl (C=O) groups excluding carboxylic acids is 3. The second-order valence-electron chi connectivity index (χ2n) is 4.58. The predicted molar refractivity (Wildman–Crippen MR) is 60.9 cm³/mol. The maximum absolute atomic E-state index is 11.8. The van der Waals surface area contributed by atoms with E-state index in [0.29, 0.717) is 6.42 Å². The van der Waals surface area contributed by atoms with Gasteiger partial charge in [-0.3, -0.25) is 4.79 Å². The Hall–Kier alpha value is -1.24. The highest BCUT2D eigenvalue weighted by Gasteiger charge is 2.53. The molecule has 0 bridgehead atoms. The van der Waals surface area contributed by atoms with Crippen molar-refractivity contribution in [1.82, 2.24) is 5.32 Å². The molecule has 1 saturated carbocycles. The molecule has 1 heterocycles. The van der Waals surface area contributed by atoms with Crippen LogP contribution in [0, 0.1) is 5.92 Å². The Morgan fingerprint density at radius 3 is 2.39 bits per heavy atom. The topological polar surface area (TPSA) is 123 Å². The standard InChI is InChI=1S/C9H16N2O3S.CO2/c1-5(12)11-7-4-15(13,14)8-3-2-6(10)9(7)8;2-1-3/h6-9H,2-4,10H2,1H3,(H,11,12);/t6-,7+,8-,9-;/m1./s1. The molecule has 18 heavy (non-hydrogen) atoms. The molecule has 2 rings (SSSR count). The highest BCUT2D eigenvalue weighted by atomic mass is 32.2. The Morgan fingerprint density at radius 2 is 1.89 bits per heavy atom. The summed E-state index contributed by atoms with van der Waals surface area (Å²) in [6, 6.07) is -0.376. The van der Waals surface area contributed by atoms with Crippen molar-refractivity contribution >= 4 is 21.9 Å². The van der Waals surface area contributed by atoms with E-state index in [1.54, 1.807) is 0 Å². The summed E-state index contributed by atoms with van der Waals surface area (Å²) in [6.45, 7) is 1.40. The van der Waals surface area contributed by atoms with Crippen LogP contribution in [0.5, 0.6) is 0 Å². The summed E-state index contributed by atoms with van der Waals surface area (Å²) < 4.78 is 23.5. The maximum Gasteiger partial charge on any atom is 0.373 e. The van der Waals surface area contributed by atoms with E-state index in [4.69, 9.17) is 15.3 Å². The van der Waals surface area contributed by atoms with Crippen LogP contribution >= 0.6 is 0 Å². The van der Waals surface area contributed by atoms with Crippen molar-refractivity contribution in [2.24, 2.45) is 11.7 Å². The minimum Gasteiger partial charge on any atom is -0.352 e. The summed E-state index contributed by atoms with van der Waals surface area (Å²) >= 11 is 0. The van der Waals surface area contributed by atoms with E-state index in [9.17, 15) is 13.2 Å². The van der Waals surface area contributed by atoms with Crippen LogP contribution in [-0.4, -0.2) is 43.6 Å². The molecular formula is C10H16N2O5S. The van der Waals surface area contributed by atoms with Gasteiger partial charge in [-0.15, -0.1) is 0 Å². The van der Waals surface area contributed by atoms with Gasteiger partial charge in [-0.1, -0.05) is 0 Å². The van der Waals surface area contributed by atoms with Crippen LogP contribution in [0.3, 0.4) is 0 Å². The molecule has 7 nitrogen and oxygen atoms in total. The van der Waals surface area contributed by atoms with Gasteiger partial charge in [0, 0.05) is 24.9 Å². The Labute approximate surface area is 105 Å². The zero-order valence-electron chi connectivity index (χ0n) is 9.96. The van der Waals surface area contributed by atoms with Crippen molar-refractivity contribution in [3.63, 3.8) is 0 Å². The second-order valence-corrected chi connectivity index (χ2v) is 6.84. The summed E-state index contributed by atoms with van der Waals surface area (Å²) in [5, 5.41) is 2.37. The smallest absolute Gasteiger partial charge is 0.352 e. The number of rotatable bonds is 1. The first-order chi connectivity index (χ1) is 8.33. The van der Waals surface area contributed by atoms with E-state index in [-0.39, 0.29) is 41.1 Å². The third-order valence-corrected chi connectivity index (χ3v) is 5.73. The lowest BCUT2D eigenvalue weighted by Crippen LogP contribution is -2.45. The van der Waals surface area contributed by atoms with Crippen molar-refractivity contribution in [2.75, 3.05) is 5.75 Å². The molecule has 0 radical (unpaired) electrons. The molecule has 2 fully saturated rings. The van der Waals surface area contributed by atoms with Gasteiger partial charge in [0.15, 0.2) is 9.84 Å². The molecule has 0 unspecified atom stereocenters. The molecule has 0 aromatic rings. The fourth-order valence-electron chi connectivity index (χ4n) is 2.88. The normalized spacial score (nSPS) is 35.9. The summed E-state index contributed by atoms with van der Waals surface area (Å²) in [7, 11) is -3.05. The number of amides is 1. The highest BCUT2D eigenvalue weighted by Crippen LogP contribution is 2.39. The average molecular weight is 276 g/mol. The van der Waals surface area contributed by atoms with E-state index in [1.807, 2.05) is 0 Å². The summed E-state index contributed by atoms with van der Waals surface area (Å²) in [5.74, 6) is -0.218. The van der Waals surface area contributed by atoms with Gasteiger partial charge >= 0.3 is 6.15 Å². The predicted octanol–water partition coefficient (Wildman–Crippen LogP) is -1.56. The Balaban J connectivity index is 0.000000492. The SMILES string of the molecule is CC(=O)N[C@H]1CS(=O)(=O)[C@@H]2CC[C@@H](N)[C@H]12.O=C=O.